The Morgan fingerprint density at radius 1 is 1.36 bits per heavy atom. The number of nitrogens with zero attached hydrogens (tertiary/aromatic N) is 3. The van der Waals surface area contributed by atoms with Crippen molar-refractivity contribution in [2.45, 2.75) is 45.7 Å². The van der Waals surface area contributed by atoms with Crippen molar-refractivity contribution in [3.8, 4) is 0 Å². The van der Waals surface area contributed by atoms with Gasteiger partial charge in [0.05, 0.1) is 5.02 Å². The Balaban J connectivity index is 1.64. The lowest BCUT2D eigenvalue weighted by atomic mass is 9.93. The molecule has 4 heterocycles. The number of aromatic nitrogens is 2. The first-order chi connectivity index (χ1) is 10.4. The third-order valence-electron chi connectivity index (χ3n) is 4.91. The second kappa shape index (κ2) is 4.72. The maximum Gasteiger partial charge on any atom is 0.223 e. The van der Waals surface area contributed by atoms with Gasteiger partial charge < -0.3 is 9.47 Å². The third kappa shape index (κ3) is 2.21. The molecule has 2 aromatic heterocycles. The highest BCUT2D eigenvalue weighted by atomic mass is 35.5. The molecule has 0 aromatic carbocycles. The Morgan fingerprint density at radius 3 is 2.91 bits per heavy atom. The van der Waals surface area contributed by atoms with Gasteiger partial charge in [0.1, 0.15) is 5.65 Å². The van der Waals surface area contributed by atoms with Gasteiger partial charge in [-0.05, 0) is 24.0 Å². The third-order valence-corrected chi connectivity index (χ3v) is 5.11. The molecule has 1 amide bonds. The summed E-state index contributed by atoms with van der Waals surface area (Å²) in [4.78, 5) is 18.9. The molecule has 1 fully saturated rings. The van der Waals surface area contributed by atoms with E-state index in [9.17, 15) is 4.79 Å². The largest absolute Gasteiger partial charge is 0.339 e. The molecule has 0 saturated carbocycles. The van der Waals surface area contributed by atoms with Crippen molar-refractivity contribution in [3.63, 3.8) is 0 Å². The summed E-state index contributed by atoms with van der Waals surface area (Å²) < 4.78 is 2.27. The first-order valence-electron chi connectivity index (χ1n) is 7.86. The quantitative estimate of drug-likeness (QED) is 0.809. The zero-order valence-corrected chi connectivity index (χ0v) is 13.7. The number of rotatable bonds is 1. The lowest BCUT2D eigenvalue weighted by Gasteiger charge is -2.33. The van der Waals surface area contributed by atoms with Crippen molar-refractivity contribution in [3.05, 3.63) is 29.0 Å². The highest BCUT2D eigenvalue weighted by Gasteiger charge is 2.40. The first kappa shape index (κ1) is 14.1. The van der Waals surface area contributed by atoms with Crippen LogP contribution in [0.1, 0.15) is 32.4 Å². The van der Waals surface area contributed by atoms with Gasteiger partial charge in [-0.15, -0.1) is 0 Å². The van der Waals surface area contributed by atoms with Crippen LogP contribution < -0.4 is 0 Å². The summed E-state index contributed by atoms with van der Waals surface area (Å²) in [5.74, 6) is 0.306. The number of hydrogen-bond acceptors (Lipinski definition) is 2. The summed E-state index contributed by atoms with van der Waals surface area (Å²) in [5.41, 5.74) is 2.38. The molecule has 0 aliphatic carbocycles. The summed E-state index contributed by atoms with van der Waals surface area (Å²) in [5, 5.41) is 1.76. The van der Waals surface area contributed by atoms with Crippen LogP contribution in [0.15, 0.2) is 18.3 Å². The Kier molecular flexibility index (Phi) is 3.02. The topological polar surface area (TPSA) is 38.1 Å². The summed E-state index contributed by atoms with van der Waals surface area (Å²) in [7, 11) is 0. The van der Waals surface area contributed by atoms with Crippen molar-refractivity contribution in [1.82, 2.24) is 14.5 Å². The number of carbonyl (C=O) groups is 1. The normalized spacial score (nSPS) is 24.0. The SMILES string of the molecule is CC1(C)CC(=O)N(C2CCn3c(cc4cc(Cl)cnc43)C2)C1. The van der Waals surface area contributed by atoms with E-state index < -0.39 is 0 Å². The van der Waals surface area contributed by atoms with Crippen molar-refractivity contribution < 1.29 is 4.79 Å². The molecule has 2 aromatic rings. The van der Waals surface area contributed by atoms with E-state index >= 15 is 0 Å². The molecule has 4 rings (SSSR count). The summed E-state index contributed by atoms with van der Waals surface area (Å²) >= 11 is 6.04. The standard InChI is InChI=1S/C17H20ClN3O/c1-17(2)8-15(22)21(10-17)13-3-4-20-14(7-13)6-11-5-12(18)9-19-16(11)20/h5-6,9,13H,3-4,7-8,10H2,1-2H3. The van der Waals surface area contributed by atoms with Crippen LogP contribution in [0.25, 0.3) is 11.0 Å². The fourth-order valence-electron chi connectivity index (χ4n) is 3.93. The first-order valence-corrected chi connectivity index (χ1v) is 8.24. The predicted molar refractivity (Wildman–Crippen MR) is 87.0 cm³/mol. The van der Waals surface area contributed by atoms with Crippen LogP contribution in [-0.2, 0) is 17.8 Å². The molecule has 2 aliphatic rings. The van der Waals surface area contributed by atoms with Gasteiger partial charge in [0, 0.05) is 49.2 Å². The van der Waals surface area contributed by atoms with E-state index in [0.29, 0.717) is 23.4 Å². The molecule has 2 aliphatic heterocycles. The van der Waals surface area contributed by atoms with Gasteiger partial charge in [-0.3, -0.25) is 4.79 Å². The molecule has 0 N–H and O–H groups in total. The van der Waals surface area contributed by atoms with E-state index in [2.05, 4.69) is 34.4 Å². The van der Waals surface area contributed by atoms with Gasteiger partial charge >= 0.3 is 0 Å². The number of aryl methyl sites for hydroxylation is 1. The number of likely N-dealkylation sites (tertiary alicyclic amines) is 1. The maximum atomic E-state index is 12.3. The maximum absolute atomic E-state index is 12.3. The van der Waals surface area contributed by atoms with Crippen molar-refractivity contribution >= 4 is 28.5 Å². The molecule has 0 spiro atoms. The summed E-state index contributed by atoms with van der Waals surface area (Å²) in [6, 6.07) is 4.46. The van der Waals surface area contributed by atoms with Gasteiger partial charge in [-0.25, -0.2) is 4.98 Å². The molecular formula is C17H20ClN3O. The van der Waals surface area contributed by atoms with Crippen LogP contribution >= 0.6 is 11.6 Å². The van der Waals surface area contributed by atoms with E-state index in [1.54, 1.807) is 6.20 Å². The summed E-state index contributed by atoms with van der Waals surface area (Å²) in [6.45, 7) is 6.15. The highest BCUT2D eigenvalue weighted by Crippen LogP contribution is 2.35. The zero-order chi connectivity index (χ0) is 15.5. The Labute approximate surface area is 135 Å². The molecule has 1 saturated heterocycles. The minimum Gasteiger partial charge on any atom is -0.339 e. The van der Waals surface area contributed by atoms with Gasteiger partial charge in [-0.1, -0.05) is 25.4 Å². The number of halogens is 1. The number of pyridine rings is 1. The van der Waals surface area contributed by atoms with Crippen LogP contribution in [0.4, 0.5) is 0 Å². The Morgan fingerprint density at radius 2 is 2.18 bits per heavy atom. The molecule has 4 nitrogen and oxygen atoms in total. The average molecular weight is 318 g/mol. The van der Waals surface area contributed by atoms with E-state index in [0.717, 1.165) is 37.0 Å². The number of amides is 1. The van der Waals surface area contributed by atoms with E-state index in [-0.39, 0.29) is 5.41 Å². The molecule has 0 radical (unpaired) electrons. The van der Waals surface area contributed by atoms with Crippen LogP contribution in [0, 0.1) is 5.41 Å². The monoisotopic (exact) mass is 317 g/mol. The second-order valence-corrected chi connectivity index (χ2v) is 7.80. The molecular weight excluding hydrogens is 298 g/mol. The molecule has 1 unspecified atom stereocenters. The smallest absolute Gasteiger partial charge is 0.223 e. The molecule has 1 atom stereocenters. The fraction of sp³-hybridized carbons (Fsp3) is 0.529. The van der Waals surface area contributed by atoms with E-state index in [1.165, 1.54) is 5.69 Å². The van der Waals surface area contributed by atoms with E-state index in [1.807, 2.05) is 6.07 Å². The molecule has 116 valence electrons. The average Bonchev–Trinajstić information content (AvgIpc) is 2.93. The van der Waals surface area contributed by atoms with Crippen LogP contribution in [-0.4, -0.2) is 32.9 Å². The second-order valence-electron chi connectivity index (χ2n) is 7.36. The predicted octanol–water partition coefficient (Wildman–Crippen LogP) is 3.26. The number of fused-ring (bicyclic) bond motifs is 3. The van der Waals surface area contributed by atoms with Crippen molar-refractivity contribution in [1.29, 1.82) is 0 Å². The van der Waals surface area contributed by atoms with Crippen LogP contribution in [0.2, 0.25) is 5.02 Å². The zero-order valence-electron chi connectivity index (χ0n) is 13.0. The fourth-order valence-corrected chi connectivity index (χ4v) is 4.09. The van der Waals surface area contributed by atoms with Crippen molar-refractivity contribution in [2.24, 2.45) is 5.41 Å². The Bertz CT molecular complexity index is 765. The highest BCUT2D eigenvalue weighted by molar-refractivity contribution is 6.31. The van der Waals surface area contributed by atoms with Gasteiger partial charge in [0.15, 0.2) is 0 Å². The lowest BCUT2D eigenvalue weighted by molar-refractivity contribution is -0.130. The minimum atomic E-state index is 0.107. The minimum absolute atomic E-state index is 0.107. The van der Waals surface area contributed by atoms with Crippen molar-refractivity contribution in [2.75, 3.05) is 6.54 Å². The molecule has 22 heavy (non-hydrogen) atoms. The van der Waals surface area contributed by atoms with Gasteiger partial charge in [0.25, 0.3) is 0 Å². The summed E-state index contributed by atoms with van der Waals surface area (Å²) in [6.07, 6.45) is 4.29. The molecule has 5 heteroatoms. The van der Waals surface area contributed by atoms with E-state index in [4.69, 9.17) is 11.6 Å². The number of carbonyl (C=O) groups excluding carboxylic acids is 1. The van der Waals surface area contributed by atoms with Gasteiger partial charge in [0.2, 0.25) is 5.91 Å². The number of hydrogen-bond donors (Lipinski definition) is 0. The molecule has 0 bridgehead atoms. The Hall–Kier alpha value is -1.55. The van der Waals surface area contributed by atoms with Crippen LogP contribution in [0.3, 0.4) is 0 Å². The van der Waals surface area contributed by atoms with Gasteiger partial charge in [-0.2, -0.15) is 0 Å². The lowest BCUT2D eigenvalue weighted by Crippen LogP contribution is -2.41. The van der Waals surface area contributed by atoms with Crippen LogP contribution in [0.5, 0.6) is 0 Å².